The Morgan fingerprint density at radius 2 is 2.10 bits per heavy atom. The molecule has 1 aromatic rings. The molecule has 0 aromatic heterocycles. The van der Waals surface area contributed by atoms with Crippen LogP contribution < -0.4 is 15.4 Å². The Morgan fingerprint density at radius 3 is 2.86 bits per heavy atom. The number of nitrogens with zero attached hydrogens (tertiary/aromatic N) is 1. The van der Waals surface area contributed by atoms with E-state index < -0.39 is 0 Å². The smallest absolute Gasteiger partial charge is 0.138 e. The van der Waals surface area contributed by atoms with Crippen LogP contribution in [0.2, 0.25) is 0 Å². The Balaban J connectivity index is 1.66. The molecule has 0 radical (unpaired) electrons. The molecule has 1 aliphatic heterocycles. The Labute approximate surface area is 132 Å². The lowest BCUT2D eigenvalue weighted by atomic mass is 10.1. The van der Waals surface area contributed by atoms with Gasteiger partial charge in [-0.2, -0.15) is 0 Å². The molecule has 1 fully saturated rings. The Bertz CT molecular complexity index is 473. The Kier molecular flexibility index (Phi) is 6.42. The maximum absolute atomic E-state index is 5.79. The van der Waals surface area contributed by atoms with E-state index in [-0.39, 0.29) is 0 Å². The molecule has 5 heteroatoms. The summed E-state index contributed by atoms with van der Waals surface area (Å²) in [4.78, 5) is 3.21. The van der Waals surface area contributed by atoms with Crippen molar-refractivity contribution in [2.24, 2.45) is 0 Å². The van der Waals surface area contributed by atoms with Crippen LogP contribution in [0.4, 0.5) is 0 Å². The van der Waals surface area contributed by atoms with Gasteiger partial charge in [0.15, 0.2) is 0 Å². The van der Waals surface area contributed by atoms with Crippen molar-refractivity contribution in [2.75, 3.05) is 45.9 Å². The van der Waals surface area contributed by atoms with Gasteiger partial charge in [0.2, 0.25) is 0 Å². The van der Waals surface area contributed by atoms with E-state index in [9.17, 15) is 0 Å². The van der Waals surface area contributed by atoms with Crippen molar-refractivity contribution in [1.29, 1.82) is 0 Å². The van der Waals surface area contributed by atoms with Crippen LogP contribution in [-0.4, -0.2) is 55.8 Å². The molecule has 0 unspecified atom stereocenters. The first-order valence-corrected chi connectivity index (χ1v) is 7.96. The van der Waals surface area contributed by atoms with Gasteiger partial charge in [0.25, 0.3) is 0 Å². The molecule has 0 spiro atoms. The highest BCUT2D eigenvalue weighted by Crippen LogP contribution is 2.20. The fourth-order valence-corrected chi connectivity index (χ4v) is 2.52. The first kappa shape index (κ1) is 16.2. The van der Waals surface area contributed by atoms with Crippen LogP contribution in [0.3, 0.4) is 0 Å². The molecule has 1 aromatic carbocycles. The molecule has 4 nitrogen and oxygen atoms in total. The minimum Gasteiger partial charge on any atom is -0.486 e. The minimum atomic E-state index is 0.446. The normalized spacial score (nSPS) is 15.7. The number of nitrogens with one attached hydrogen (secondary N) is 2. The summed E-state index contributed by atoms with van der Waals surface area (Å²) in [5.41, 5.74) is 2.42. The lowest BCUT2D eigenvalue weighted by molar-refractivity contribution is 0.244. The zero-order valence-electron chi connectivity index (χ0n) is 12.9. The third kappa shape index (κ3) is 5.26. The number of hydrogen-bond donors (Lipinski definition) is 2. The minimum absolute atomic E-state index is 0.446. The van der Waals surface area contributed by atoms with Crippen LogP contribution in [-0.2, 0) is 0 Å². The fourth-order valence-electron chi connectivity index (χ4n) is 2.36. The molecule has 0 atom stereocenters. The van der Waals surface area contributed by atoms with Crippen LogP contribution in [0.1, 0.15) is 11.1 Å². The maximum Gasteiger partial charge on any atom is 0.138 e. The molecule has 1 aliphatic rings. The van der Waals surface area contributed by atoms with E-state index in [1.165, 1.54) is 11.1 Å². The fraction of sp³-hybridized carbons (Fsp3) is 0.562. The van der Waals surface area contributed by atoms with Crippen LogP contribution in [0.5, 0.6) is 5.75 Å². The second-order valence-corrected chi connectivity index (χ2v) is 5.92. The molecule has 2 N–H and O–H groups in total. The summed E-state index contributed by atoms with van der Waals surface area (Å²) in [6, 6.07) is 6.09. The summed E-state index contributed by atoms with van der Waals surface area (Å²) in [6.07, 6.45) is 0. The second-order valence-electron chi connectivity index (χ2n) is 5.43. The standard InChI is InChI=1S/C16H25N3OS/c1-13-4-3-5-15(14(13)2)20-12-16(21)18-8-11-19-9-6-17-7-10-19/h3-5,17H,6-12H2,1-2H3,(H,18,21). The number of piperazine rings is 1. The van der Waals surface area contributed by atoms with E-state index in [1.807, 2.05) is 12.1 Å². The van der Waals surface area contributed by atoms with Gasteiger partial charge in [-0.15, -0.1) is 0 Å². The van der Waals surface area contributed by atoms with Gasteiger partial charge in [-0.3, -0.25) is 4.90 Å². The lowest BCUT2D eigenvalue weighted by Crippen LogP contribution is -2.46. The van der Waals surface area contributed by atoms with Crippen molar-refractivity contribution >= 4 is 17.2 Å². The second kappa shape index (κ2) is 8.32. The highest BCUT2D eigenvalue weighted by molar-refractivity contribution is 7.80. The van der Waals surface area contributed by atoms with Crippen molar-refractivity contribution in [1.82, 2.24) is 15.5 Å². The summed E-state index contributed by atoms with van der Waals surface area (Å²) < 4.78 is 5.79. The van der Waals surface area contributed by atoms with Gasteiger partial charge in [0.1, 0.15) is 17.3 Å². The molecule has 1 saturated heterocycles. The summed E-state index contributed by atoms with van der Waals surface area (Å²) in [5.74, 6) is 0.918. The molecular formula is C16H25N3OS. The summed E-state index contributed by atoms with van der Waals surface area (Å²) in [6.45, 7) is 10.9. The number of aryl methyl sites for hydroxylation is 1. The monoisotopic (exact) mass is 307 g/mol. The molecule has 2 rings (SSSR count). The van der Waals surface area contributed by atoms with Crippen molar-refractivity contribution in [3.05, 3.63) is 29.3 Å². The van der Waals surface area contributed by atoms with Crippen molar-refractivity contribution in [3.63, 3.8) is 0 Å². The molecule has 0 saturated carbocycles. The quantitative estimate of drug-likeness (QED) is 0.779. The van der Waals surface area contributed by atoms with Crippen LogP contribution >= 0.6 is 12.2 Å². The average Bonchev–Trinajstić information content (AvgIpc) is 2.50. The van der Waals surface area contributed by atoms with Crippen LogP contribution in [0.15, 0.2) is 18.2 Å². The SMILES string of the molecule is Cc1cccc(OCC(=S)NCCN2CCNCC2)c1C. The van der Waals surface area contributed by atoms with Gasteiger partial charge in [0.05, 0.1) is 0 Å². The largest absolute Gasteiger partial charge is 0.486 e. The van der Waals surface area contributed by atoms with E-state index >= 15 is 0 Å². The van der Waals surface area contributed by atoms with Crippen molar-refractivity contribution in [2.45, 2.75) is 13.8 Å². The van der Waals surface area contributed by atoms with E-state index in [0.29, 0.717) is 6.61 Å². The third-order valence-corrected chi connectivity index (χ3v) is 4.14. The van der Waals surface area contributed by atoms with Crippen molar-refractivity contribution in [3.8, 4) is 5.75 Å². The highest BCUT2D eigenvalue weighted by atomic mass is 32.1. The Hall–Kier alpha value is -1.17. The van der Waals surface area contributed by atoms with Crippen LogP contribution in [0, 0.1) is 13.8 Å². The molecular weight excluding hydrogens is 282 g/mol. The lowest BCUT2D eigenvalue weighted by Gasteiger charge is -2.27. The molecule has 0 aliphatic carbocycles. The van der Waals surface area contributed by atoms with Gasteiger partial charge in [0, 0.05) is 39.3 Å². The van der Waals surface area contributed by atoms with E-state index in [2.05, 4.69) is 35.4 Å². The summed E-state index contributed by atoms with van der Waals surface area (Å²) in [5, 5.41) is 6.63. The molecule has 1 heterocycles. The zero-order chi connectivity index (χ0) is 15.1. The number of rotatable bonds is 6. The number of hydrogen-bond acceptors (Lipinski definition) is 4. The first-order valence-electron chi connectivity index (χ1n) is 7.55. The van der Waals surface area contributed by atoms with Crippen molar-refractivity contribution < 1.29 is 4.74 Å². The molecule has 21 heavy (non-hydrogen) atoms. The molecule has 0 bridgehead atoms. The summed E-state index contributed by atoms with van der Waals surface area (Å²) >= 11 is 5.33. The van der Waals surface area contributed by atoms with Gasteiger partial charge in [-0.25, -0.2) is 0 Å². The van der Waals surface area contributed by atoms with Gasteiger partial charge in [-0.1, -0.05) is 24.4 Å². The number of benzene rings is 1. The number of thiocarbonyl (C=S) groups is 1. The van der Waals surface area contributed by atoms with Crippen LogP contribution in [0.25, 0.3) is 0 Å². The predicted molar refractivity (Wildman–Crippen MR) is 91.3 cm³/mol. The van der Waals surface area contributed by atoms with E-state index in [0.717, 1.165) is 50.0 Å². The third-order valence-electron chi connectivity index (χ3n) is 3.87. The average molecular weight is 307 g/mol. The molecule has 116 valence electrons. The predicted octanol–water partition coefficient (Wildman–Crippen LogP) is 1.50. The maximum atomic E-state index is 5.79. The number of ether oxygens (including phenoxy) is 1. The van der Waals surface area contributed by atoms with Gasteiger partial charge < -0.3 is 15.4 Å². The van der Waals surface area contributed by atoms with Gasteiger partial charge >= 0.3 is 0 Å². The zero-order valence-corrected chi connectivity index (χ0v) is 13.8. The topological polar surface area (TPSA) is 36.5 Å². The molecule has 0 amide bonds. The first-order chi connectivity index (χ1) is 10.2. The highest BCUT2D eigenvalue weighted by Gasteiger charge is 2.09. The van der Waals surface area contributed by atoms with Gasteiger partial charge in [-0.05, 0) is 31.0 Å². The summed E-state index contributed by atoms with van der Waals surface area (Å²) in [7, 11) is 0. The Morgan fingerprint density at radius 1 is 1.33 bits per heavy atom. The van der Waals surface area contributed by atoms with E-state index in [1.54, 1.807) is 0 Å². The van der Waals surface area contributed by atoms with E-state index in [4.69, 9.17) is 17.0 Å².